The Hall–Kier alpha value is -2.43. The van der Waals surface area contributed by atoms with Crippen LogP contribution in [0.3, 0.4) is 0 Å². The standard InChI is InChI=1S/C22H29N3O2/c1-2-15-27-21-16-19(17-23-25(21)20-13-9-6-10-14-20)24-22(26)18-11-7-4-3-5-8-12-18/h6,9-10,13-14,16-18H,2-5,7-8,11-12,15H2,1H3. The Balaban J connectivity index is 1.86. The first-order valence-electron chi connectivity index (χ1n) is 10.1. The maximum Gasteiger partial charge on any atom is 0.249 e. The molecule has 0 saturated heterocycles. The third kappa shape index (κ3) is 5.52. The zero-order valence-electron chi connectivity index (χ0n) is 16.1. The molecule has 5 heteroatoms. The van der Waals surface area contributed by atoms with Crippen LogP contribution in [0.1, 0.15) is 58.3 Å². The predicted molar refractivity (Wildman–Crippen MR) is 106 cm³/mol. The molecule has 0 bridgehead atoms. The number of ether oxygens (including phenoxy) is 1. The van der Waals surface area contributed by atoms with Gasteiger partial charge in [0.1, 0.15) is 0 Å². The van der Waals surface area contributed by atoms with E-state index in [1.807, 2.05) is 36.4 Å². The second-order valence-corrected chi connectivity index (χ2v) is 7.14. The van der Waals surface area contributed by atoms with E-state index in [1.54, 1.807) is 10.9 Å². The van der Waals surface area contributed by atoms with Crippen LogP contribution in [0, 0.1) is 5.92 Å². The lowest BCUT2D eigenvalue weighted by molar-refractivity contribution is -0.122. The quantitative estimate of drug-likeness (QED) is 0.784. The first kappa shape index (κ1) is 19.3. The van der Waals surface area contributed by atoms with Crippen molar-refractivity contribution in [1.82, 2.24) is 9.78 Å². The normalized spacial score (nSPS) is 16.6. The number of rotatable bonds is 5. The van der Waals surface area contributed by atoms with E-state index < -0.39 is 0 Å². The molecule has 0 unspecified atom stereocenters. The molecular weight excluding hydrogens is 338 g/mol. The fraction of sp³-hybridized carbons (Fsp3) is 0.500. The van der Waals surface area contributed by atoms with Crippen molar-refractivity contribution in [2.45, 2.75) is 58.3 Å². The molecule has 0 atom stereocenters. The molecule has 5 nitrogen and oxygen atoms in total. The van der Waals surface area contributed by atoms with Crippen LogP contribution in [0.4, 0.5) is 0 Å². The van der Waals surface area contributed by atoms with Gasteiger partial charge in [-0.2, -0.15) is 5.10 Å². The minimum absolute atomic E-state index is 0.0161. The summed E-state index contributed by atoms with van der Waals surface area (Å²) in [7, 11) is 0. The van der Waals surface area contributed by atoms with Crippen molar-refractivity contribution >= 4 is 5.91 Å². The number of amides is 1. The third-order valence-electron chi connectivity index (χ3n) is 4.93. The Morgan fingerprint density at radius 3 is 2.56 bits per heavy atom. The van der Waals surface area contributed by atoms with Crippen LogP contribution < -0.4 is 10.1 Å². The number of carbonyl (C=O) groups is 1. The van der Waals surface area contributed by atoms with Gasteiger partial charge in [0, 0.05) is 12.0 Å². The lowest BCUT2D eigenvalue weighted by Gasteiger charge is -2.16. The van der Waals surface area contributed by atoms with Crippen LogP contribution in [0.15, 0.2) is 47.6 Å². The molecule has 1 aliphatic carbocycles. The van der Waals surface area contributed by atoms with Gasteiger partial charge in [-0.3, -0.25) is 4.79 Å². The highest BCUT2D eigenvalue weighted by Gasteiger charge is 2.18. The molecule has 3 rings (SSSR count). The molecule has 27 heavy (non-hydrogen) atoms. The van der Waals surface area contributed by atoms with Crippen LogP contribution >= 0.6 is 0 Å². The largest absolute Gasteiger partial charge is 0.478 e. The highest BCUT2D eigenvalue weighted by Crippen LogP contribution is 2.23. The van der Waals surface area contributed by atoms with E-state index in [2.05, 4.69) is 17.0 Å². The van der Waals surface area contributed by atoms with Gasteiger partial charge in [0.15, 0.2) is 0 Å². The summed E-state index contributed by atoms with van der Waals surface area (Å²) < 4.78 is 7.62. The van der Waals surface area contributed by atoms with Crippen LogP contribution in [0.25, 0.3) is 5.69 Å². The summed E-state index contributed by atoms with van der Waals surface area (Å²) in [6.45, 7) is 2.65. The van der Waals surface area contributed by atoms with Gasteiger partial charge in [0.2, 0.25) is 11.8 Å². The van der Waals surface area contributed by atoms with Crippen LogP contribution in [-0.4, -0.2) is 22.3 Å². The summed E-state index contributed by atoms with van der Waals surface area (Å²) in [4.78, 5) is 17.0. The molecule has 0 aliphatic heterocycles. The minimum atomic E-state index is -0.0161. The average Bonchev–Trinajstić information content (AvgIpc) is 2.67. The molecule has 1 amide bonds. The summed E-state index contributed by atoms with van der Waals surface area (Å²) in [6, 6.07) is 11.7. The highest BCUT2D eigenvalue weighted by atomic mass is 16.5. The van der Waals surface area contributed by atoms with Crippen molar-refractivity contribution in [3.8, 4) is 11.6 Å². The highest BCUT2D eigenvalue weighted by molar-refractivity contribution is 5.79. The van der Waals surface area contributed by atoms with Gasteiger partial charge in [-0.1, -0.05) is 57.2 Å². The number of aromatic nitrogens is 2. The fourth-order valence-electron chi connectivity index (χ4n) is 3.45. The first-order valence-corrected chi connectivity index (χ1v) is 10.1. The number of hydrogen-bond acceptors (Lipinski definition) is 3. The fourth-order valence-corrected chi connectivity index (χ4v) is 3.45. The second-order valence-electron chi connectivity index (χ2n) is 7.14. The molecule has 1 fully saturated rings. The zero-order chi connectivity index (χ0) is 18.9. The molecule has 1 heterocycles. The van der Waals surface area contributed by atoms with Crippen molar-refractivity contribution in [2.24, 2.45) is 10.9 Å². The maximum atomic E-state index is 12.7. The third-order valence-corrected chi connectivity index (χ3v) is 4.93. The van der Waals surface area contributed by atoms with E-state index in [4.69, 9.17) is 4.74 Å². The lowest BCUT2D eigenvalue weighted by Crippen LogP contribution is -2.19. The Morgan fingerprint density at radius 2 is 1.85 bits per heavy atom. The van der Waals surface area contributed by atoms with Gasteiger partial charge in [0.25, 0.3) is 0 Å². The van der Waals surface area contributed by atoms with Crippen LogP contribution in [0.5, 0.6) is 5.88 Å². The van der Waals surface area contributed by atoms with Crippen LogP contribution in [0.2, 0.25) is 0 Å². The molecule has 1 saturated carbocycles. The van der Waals surface area contributed by atoms with Crippen molar-refractivity contribution < 1.29 is 9.53 Å². The molecular formula is C22H29N3O2. The van der Waals surface area contributed by atoms with Gasteiger partial charge in [-0.05, 0) is 31.4 Å². The molecule has 2 aromatic rings. The van der Waals surface area contributed by atoms with Gasteiger partial charge in [-0.15, -0.1) is 0 Å². The Kier molecular flexibility index (Phi) is 7.19. The number of nitrogens with zero attached hydrogens (tertiary/aromatic N) is 3. The van der Waals surface area contributed by atoms with E-state index in [9.17, 15) is 4.79 Å². The smallest absolute Gasteiger partial charge is 0.249 e. The average molecular weight is 367 g/mol. The van der Waals surface area contributed by atoms with Crippen molar-refractivity contribution in [1.29, 1.82) is 0 Å². The molecule has 0 spiro atoms. The SMILES string of the molecule is CCCOc1cc(=NC(=O)C2CCCCCCC2)cnn1-c1ccccc1. The predicted octanol–water partition coefficient (Wildman–Crippen LogP) is 4.45. The van der Waals surface area contributed by atoms with Crippen LogP contribution in [-0.2, 0) is 4.79 Å². The van der Waals surface area contributed by atoms with Gasteiger partial charge < -0.3 is 4.74 Å². The molecule has 1 aromatic heterocycles. The van der Waals surface area contributed by atoms with Gasteiger partial charge in [0.05, 0.1) is 23.8 Å². The van der Waals surface area contributed by atoms with E-state index >= 15 is 0 Å². The molecule has 0 radical (unpaired) electrons. The van der Waals surface area contributed by atoms with Crippen molar-refractivity contribution in [3.05, 3.63) is 48.0 Å². The van der Waals surface area contributed by atoms with E-state index in [1.165, 1.54) is 19.3 Å². The number of para-hydroxylation sites is 1. The minimum Gasteiger partial charge on any atom is -0.478 e. The zero-order valence-corrected chi connectivity index (χ0v) is 16.1. The Labute approximate surface area is 161 Å². The summed E-state index contributed by atoms with van der Waals surface area (Å²) in [5.74, 6) is 0.638. The molecule has 1 aromatic carbocycles. The van der Waals surface area contributed by atoms with Crippen molar-refractivity contribution in [2.75, 3.05) is 6.61 Å². The van der Waals surface area contributed by atoms with Gasteiger partial charge >= 0.3 is 0 Å². The molecule has 1 aliphatic rings. The Morgan fingerprint density at radius 1 is 1.15 bits per heavy atom. The number of carbonyl (C=O) groups excluding carboxylic acids is 1. The topological polar surface area (TPSA) is 56.5 Å². The Bertz CT molecular complexity index is 791. The first-order chi connectivity index (χ1) is 13.3. The van der Waals surface area contributed by atoms with Gasteiger partial charge in [-0.25, -0.2) is 9.67 Å². The van der Waals surface area contributed by atoms with E-state index in [-0.39, 0.29) is 11.8 Å². The second kappa shape index (κ2) is 10.0. The maximum absolute atomic E-state index is 12.7. The van der Waals surface area contributed by atoms with E-state index in [0.29, 0.717) is 17.8 Å². The summed E-state index contributed by atoms with van der Waals surface area (Å²) in [5.41, 5.74) is 0.918. The van der Waals surface area contributed by atoms with Crippen molar-refractivity contribution in [3.63, 3.8) is 0 Å². The lowest BCUT2D eigenvalue weighted by atomic mass is 9.91. The summed E-state index contributed by atoms with van der Waals surface area (Å²) in [5, 5.41) is 5.05. The molecule has 0 N–H and O–H groups in total. The van der Waals surface area contributed by atoms with E-state index in [0.717, 1.165) is 37.8 Å². The number of benzene rings is 1. The molecule has 144 valence electrons. The summed E-state index contributed by atoms with van der Waals surface area (Å²) in [6.07, 6.45) is 10.4. The number of hydrogen-bond donors (Lipinski definition) is 0. The monoisotopic (exact) mass is 367 g/mol. The summed E-state index contributed by atoms with van der Waals surface area (Å²) >= 11 is 0.